The average molecular weight is 548 g/mol. The molecular weight excluding hydrogens is 518 g/mol. The van der Waals surface area contributed by atoms with Crippen molar-refractivity contribution in [3.8, 4) is 23.3 Å². The van der Waals surface area contributed by atoms with E-state index in [1.54, 1.807) is 36.5 Å². The fourth-order valence-corrected chi connectivity index (χ4v) is 5.59. The number of hydrogen-bond acceptors (Lipinski definition) is 7. The Hall–Kier alpha value is -5.10. The number of amides is 2. The Morgan fingerprint density at radius 3 is 2.76 bits per heavy atom. The zero-order chi connectivity index (χ0) is 28.3. The number of anilines is 2. The van der Waals surface area contributed by atoms with Crippen LogP contribution in [-0.2, 0) is 9.59 Å². The predicted octanol–water partition coefficient (Wildman–Crippen LogP) is 5.08. The van der Waals surface area contributed by atoms with E-state index in [0.29, 0.717) is 60.0 Å². The van der Waals surface area contributed by atoms with Gasteiger partial charge in [-0.3, -0.25) is 9.59 Å². The van der Waals surface area contributed by atoms with E-state index < -0.39 is 0 Å². The standard InChI is InChI=1S/C32H29N5O4/c1-40-29-15-27(8-5-22(29)16-33)41-26-6-3-21(4-7-26)23-13-24-18-37(19-25(24)14-23)31(39)9-2-20-12-28-32(35-17-20)36-30(38)10-11-34-28/h2-9,12-13,15,17,24-25,34H,10-11,14,18-19H2,1H3,(H,35,36,38)/b9-2+/t24-,25+/m0/s1. The Labute approximate surface area is 238 Å². The Kier molecular flexibility index (Phi) is 7.13. The Morgan fingerprint density at radius 1 is 1.15 bits per heavy atom. The Bertz CT molecular complexity index is 1610. The highest BCUT2D eigenvalue weighted by atomic mass is 16.5. The summed E-state index contributed by atoms with van der Waals surface area (Å²) in [6.07, 6.45) is 8.66. The van der Waals surface area contributed by atoms with Gasteiger partial charge in [0.15, 0.2) is 5.82 Å². The van der Waals surface area contributed by atoms with Crippen molar-refractivity contribution < 1.29 is 19.1 Å². The first-order chi connectivity index (χ1) is 20.0. The Balaban J connectivity index is 1.05. The lowest BCUT2D eigenvalue weighted by molar-refractivity contribution is -0.125. The van der Waals surface area contributed by atoms with E-state index in [1.165, 1.54) is 12.7 Å². The number of carbonyl (C=O) groups is 2. The van der Waals surface area contributed by atoms with E-state index in [4.69, 9.17) is 14.7 Å². The highest BCUT2D eigenvalue weighted by molar-refractivity contribution is 5.95. The fourth-order valence-electron chi connectivity index (χ4n) is 5.59. The van der Waals surface area contributed by atoms with Crippen LogP contribution in [-0.4, -0.2) is 48.4 Å². The first-order valence-electron chi connectivity index (χ1n) is 13.6. The molecule has 0 spiro atoms. The van der Waals surface area contributed by atoms with Crippen LogP contribution in [0.4, 0.5) is 11.5 Å². The van der Waals surface area contributed by atoms with Crippen LogP contribution in [0, 0.1) is 23.2 Å². The second kappa shape index (κ2) is 11.2. The number of nitriles is 1. The van der Waals surface area contributed by atoms with Crippen molar-refractivity contribution in [2.24, 2.45) is 11.8 Å². The Morgan fingerprint density at radius 2 is 1.98 bits per heavy atom. The van der Waals surface area contributed by atoms with Crippen molar-refractivity contribution in [3.05, 3.63) is 83.6 Å². The number of carbonyl (C=O) groups excluding carboxylic acids is 2. The summed E-state index contributed by atoms with van der Waals surface area (Å²) in [7, 11) is 1.53. The van der Waals surface area contributed by atoms with Crippen LogP contribution in [0.2, 0.25) is 0 Å². The normalized spacial score (nSPS) is 19.4. The van der Waals surface area contributed by atoms with E-state index in [-0.39, 0.29) is 11.8 Å². The largest absolute Gasteiger partial charge is 0.495 e. The molecule has 3 aliphatic rings. The summed E-state index contributed by atoms with van der Waals surface area (Å²) in [6.45, 7) is 1.98. The fraction of sp³-hybridized carbons (Fsp3) is 0.250. The first kappa shape index (κ1) is 26.1. The van der Waals surface area contributed by atoms with Crippen molar-refractivity contribution in [3.63, 3.8) is 0 Å². The molecule has 1 aliphatic carbocycles. The van der Waals surface area contributed by atoms with E-state index in [2.05, 4.69) is 39.9 Å². The molecule has 3 heterocycles. The summed E-state index contributed by atoms with van der Waals surface area (Å²) in [5.41, 5.74) is 4.47. The number of nitrogens with zero attached hydrogens (tertiary/aromatic N) is 3. The molecule has 0 saturated carbocycles. The number of fused-ring (bicyclic) bond motifs is 2. The maximum atomic E-state index is 12.9. The van der Waals surface area contributed by atoms with Gasteiger partial charge < -0.3 is 25.0 Å². The number of pyridine rings is 1. The van der Waals surface area contributed by atoms with Crippen LogP contribution >= 0.6 is 0 Å². The van der Waals surface area contributed by atoms with Gasteiger partial charge in [-0.05, 0) is 71.4 Å². The third-order valence-corrected chi connectivity index (χ3v) is 7.71. The maximum absolute atomic E-state index is 12.9. The van der Waals surface area contributed by atoms with Gasteiger partial charge in [-0.1, -0.05) is 18.2 Å². The zero-order valence-corrected chi connectivity index (χ0v) is 22.6. The molecule has 9 heteroatoms. The summed E-state index contributed by atoms with van der Waals surface area (Å²) < 4.78 is 11.2. The maximum Gasteiger partial charge on any atom is 0.246 e. The minimum Gasteiger partial charge on any atom is -0.495 e. The van der Waals surface area contributed by atoms with Gasteiger partial charge in [0.05, 0.1) is 18.4 Å². The first-order valence-corrected chi connectivity index (χ1v) is 13.6. The molecule has 1 fully saturated rings. The number of ether oxygens (including phenoxy) is 2. The van der Waals surface area contributed by atoms with E-state index in [1.807, 2.05) is 23.1 Å². The van der Waals surface area contributed by atoms with Crippen LogP contribution in [0.25, 0.3) is 11.6 Å². The number of methoxy groups -OCH3 is 1. The molecule has 206 valence electrons. The third-order valence-electron chi connectivity index (χ3n) is 7.71. The molecule has 6 rings (SSSR count). The van der Waals surface area contributed by atoms with Gasteiger partial charge in [0, 0.05) is 44.4 Å². The number of rotatable bonds is 6. The lowest BCUT2D eigenvalue weighted by Crippen LogP contribution is -2.27. The molecule has 9 nitrogen and oxygen atoms in total. The number of aromatic nitrogens is 1. The lowest BCUT2D eigenvalue weighted by atomic mass is 9.98. The predicted molar refractivity (Wildman–Crippen MR) is 155 cm³/mol. The van der Waals surface area contributed by atoms with Crippen LogP contribution < -0.4 is 20.1 Å². The van der Waals surface area contributed by atoms with Gasteiger partial charge in [0.2, 0.25) is 11.8 Å². The molecule has 3 aromatic rings. The lowest BCUT2D eigenvalue weighted by Gasteiger charge is -2.15. The highest BCUT2D eigenvalue weighted by Gasteiger charge is 2.37. The molecule has 2 aliphatic heterocycles. The minimum atomic E-state index is -0.0638. The number of likely N-dealkylation sites (tertiary alicyclic amines) is 1. The summed E-state index contributed by atoms with van der Waals surface area (Å²) >= 11 is 0. The third kappa shape index (κ3) is 5.63. The van der Waals surface area contributed by atoms with Crippen LogP contribution in [0.15, 0.2) is 66.9 Å². The SMILES string of the molecule is COc1cc(Oc2ccc(C3=C[C@H]4CN(C(=O)/C=C/c5cnc6c(c5)NCCC(=O)N6)C[C@H]4C3)cc2)ccc1C#N. The average Bonchev–Trinajstić information content (AvgIpc) is 3.51. The molecule has 41 heavy (non-hydrogen) atoms. The molecule has 1 saturated heterocycles. The van der Waals surface area contributed by atoms with Crippen molar-refractivity contribution in [2.45, 2.75) is 12.8 Å². The van der Waals surface area contributed by atoms with Gasteiger partial charge in [0.1, 0.15) is 23.3 Å². The van der Waals surface area contributed by atoms with Crippen LogP contribution in [0.1, 0.15) is 29.5 Å². The minimum absolute atomic E-state index is 0.00788. The van der Waals surface area contributed by atoms with Gasteiger partial charge in [0.25, 0.3) is 0 Å². The van der Waals surface area contributed by atoms with Gasteiger partial charge in [-0.15, -0.1) is 0 Å². The smallest absolute Gasteiger partial charge is 0.246 e. The molecule has 2 atom stereocenters. The van der Waals surface area contributed by atoms with Crippen molar-refractivity contribution in [2.75, 3.05) is 37.4 Å². The number of benzene rings is 2. The quantitative estimate of drug-likeness (QED) is 0.413. The molecule has 2 amide bonds. The van der Waals surface area contributed by atoms with Gasteiger partial charge >= 0.3 is 0 Å². The summed E-state index contributed by atoms with van der Waals surface area (Å²) in [4.78, 5) is 30.9. The van der Waals surface area contributed by atoms with Crippen molar-refractivity contribution in [1.29, 1.82) is 5.26 Å². The van der Waals surface area contributed by atoms with Crippen LogP contribution in [0.5, 0.6) is 17.2 Å². The molecule has 1 aromatic heterocycles. The van der Waals surface area contributed by atoms with Crippen molar-refractivity contribution in [1.82, 2.24) is 9.88 Å². The number of allylic oxidation sites excluding steroid dienone is 1. The van der Waals surface area contributed by atoms with E-state index >= 15 is 0 Å². The molecule has 2 N–H and O–H groups in total. The summed E-state index contributed by atoms with van der Waals surface area (Å²) in [5, 5.41) is 15.1. The van der Waals surface area contributed by atoms with E-state index in [0.717, 1.165) is 29.8 Å². The molecule has 0 unspecified atom stereocenters. The monoisotopic (exact) mass is 547 g/mol. The second-order valence-electron chi connectivity index (χ2n) is 10.4. The highest BCUT2D eigenvalue weighted by Crippen LogP contribution is 2.41. The molecular formula is C32H29N5O4. The second-order valence-corrected chi connectivity index (χ2v) is 10.4. The molecule has 2 aromatic carbocycles. The van der Waals surface area contributed by atoms with Gasteiger partial charge in [-0.2, -0.15) is 5.26 Å². The van der Waals surface area contributed by atoms with Gasteiger partial charge in [-0.25, -0.2) is 4.98 Å². The molecule has 0 radical (unpaired) electrons. The zero-order valence-electron chi connectivity index (χ0n) is 22.6. The number of nitrogens with one attached hydrogen (secondary N) is 2. The van der Waals surface area contributed by atoms with Crippen molar-refractivity contribution >= 4 is 35.0 Å². The summed E-state index contributed by atoms with van der Waals surface area (Å²) in [6, 6.07) is 17.1. The summed E-state index contributed by atoms with van der Waals surface area (Å²) in [5.74, 6) is 2.97. The topological polar surface area (TPSA) is 117 Å². The van der Waals surface area contributed by atoms with E-state index in [9.17, 15) is 9.59 Å². The number of hydrogen-bond donors (Lipinski definition) is 2. The van der Waals surface area contributed by atoms with Crippen LogP contribution in [0.3, 0.4) is 0 Å². The molecule has 0 bridgehead atoms.